The van der Waals surface area contributed by atoms with Crippen LogP contribution in [0.2, 0.25) is 10.0 Å². The van der Waals surface area contributed by atoms with E-state index < -0.39 is 17.2 Å². The number of carbonyl (C=O) groups excluding carboxylic acids is 1. The summed E-state index contributed by atoms with van der Waals surface area (Å²) in [5.41, 5.74) is -0.297. The monoisotopic (exact) mass is 389 g/mol. The van der Waals surface area contributed by atoms with E-state index in [2.05, 4.69) is 10.3 Å². The van der Waals surface area contributed by atoms with Crippen LogP contribution in [0.5, 0.6) is 0 Å². The lowest BCUT2D eigenvalue weighted by molar-refractivity contribution is 0.102. The van der Waals surface area contributed by atoms with E-state index in [9.17, 15) is 14.4 Å². The van der Waals surface area contributed by atoms with E-state index in [1.54, 1.807) is 18.2 Å². The van der Waals surface area contributed by atoms with Crippen molar-refractivity contribution in [3.05, 3.63) is 96.7 Å². The number of hydrogen-bond donors (Lipinski definition) is 2. The van der Waals surface area contributed by atoms with E-state index in [1.807, 2.05) is 18.2 Å². The molecule has 0 radical (unpaired) electrons. The number of halogens is 2. The highest BCUT2D eigenvalue weighted by atomic mass is 35.5. The number of H-pyrrole nitrogens is 1. The van der Waals surface area contributed by atoms with Crippen LogP contribution in [0.25, 0.3) is 0 Å². The number of carbonyl (C=O) groups is 1. The molecule has 2 aromatic carbocycles. The molecule has 0 saturated carbocycles. The summed E-state index contributed by atoms with van der Waals surface area (Å²) >= 11 is 11.8. The molecule has 1 heterocycles. The van der Waals surface area contributed by atoms with Crippen LogP contribution in [0, 0.1) is 0 Å². The maximum absolute atomic E-state index is 12.3. The molecule has 0 unspecified atom stereocenters. The lowest BCUT2D eigenvalue weighted by Gasteiger charge is -2.09. The smallest absolute Gasteiger partial charge is 0.319 e. The topological polar surface area (TPSA) is 84.0 Å². The van der Waals surface area contributed by atoms with Gasteiger partial charge in [0.2, 0.25) is 0 Å². The first-order chi connectivity index (χ1) is 12.4. The van der Waals surface area contributed by atoms with Crippen LogP contribution in [-0.2, 0) is 6.54 Å². The number of benzene rings is 2. The summed E-state index contributed by atoms with van der Waals surface area (Å²) in [5, 5.41) is 3.19. The van der Waals surface area contributed by atoms with Crippen molar-refractivity contribution in [2.75, 3.05) is 5.32 Å². The minimum absolute atomic E-state index is 0.111. The molecule has 0 aliphatic carbocycles. The second-order valence-electron chi connectivity index (χ2n) is 5.48. The second kappa shape index (κ2) is 7.59. The minimum Gasteiger partial charge on any atom is -0.319 e. The van der Waals surface area contributed by atoms with Gasteiger partial charge in [-0.3, -0.25) is 14.2 Å². The Balaban J connectivity index is 1.86. The summed E-state index contributed by atoms with van der Waals surface area (Å²) in [6.45, 7) is 0.111. The average molecular weight is 390 g/mol. The van der Waals surface area contributed by atoms with Crippen LogP contribution >= 0.6 is 23.2 Å². The Labute approximate surface area is 158 Å². The molecule has 6 nitrogen and oxygen atoms in total. The van der Waals surface area contributed by atoms with Crippen molar-refractivity contribution >= 4 is 34.8 Å². The van der Waals surface area contributed by atoms with Gasteiger partial charge in [0, 0.05) is 11.1 Å². The van der Waals surface area contributed by atoms with E-state index in [0.717, 1.165) is 16.2 Å². The quantitative estimate of drug-likeness (QED) is 0.718. The molecule has 0 atom stereocenters. The van der Waals surface area contributed by atoms with Crippen molar-refractivity contribution in [1.29, 1.82) is 0 Å². The molecular formula is C18H13Cl2N3O3. The molecule has 0 fully saturated rings. The number of nitrogens with one attached hydrogen (secondary N) is 2. The molecule has 0 aliphatic heterocycles. The summed E-state index contributed by atoms with van der Waals surface area (Å²) in [6, 6.07) is 14.7. The number of nitrogens with zero attached hydrogens (tertiary/aromatic N) is 1. The van der Waals surface area contributed by atoms with Gasteiger partial charge in [0.15, 0.2) is 0 Å². The van der Waals surface area contributed by atoms with Gasteiger partial charge in [0.05, 0.1) is 17.3 Å². The van der Waals surface area contributed by atoms with Crippen molar-refractivity contribution < 1.29 is 4.79 Å². The van der Waals surface area contributed by atoms with Gasteiger partial charge < -0.3 is 10.3 Å². The molecule has 1 aromatic heterocycles. The zero-order chi connectivity index (χ0) is 18.7. The number of aromatic amines is 1. The minimum atomic E-state index is -0.672. The third kappa shape index (κ3) is 4.04. The molecule has 3 aromatic rings. The summed E-state index contributed by atoms with van der Waals surface area (Å²) in [7, 11) is 0. The lowest BCUT2D eigenvalue weighted by Crippen LogP contribution is -2.37. The molecular weight excluding hydrogens is 377 g/mol. The molecule has 1 amide bonds. The number of amides is 1. The van der Waals surface area contributed by atoms with Crippen molar-refractivity contribution in [3.63, 3.8) is 0 Å². The second-order valence-corrected chi connectivity index (χ2v) is 6.32. The molecule has 0 spiro atoms. The van der Waals surface area contributed by atoms with Gasteiger partial charge in [-0.15, -0.1) is 0 Å². The molecule has 2 N–H and O–H groups in total. The Morgan fingerprint density at radius 2 is 1.77 bits per heavy atom. The summed E-state index contributed by atoms with van der Waals surface area (Å²) in [6.07, 6.45) is 0. The maximum Gasteiger partial charge on any atom is 0.329 e. The first-order valence-corrected chi connectivity index (χ1v) is 8.34. The van der Waals surface area contributed by atoms with Crippen molar-refractivity contribution in [1.82, 2.24) is 9.55 Å². The fraction of sp³-hybridized carbons (Fsp3) is 0.0556. The Morgan fingerprint density at radius 3 is 2.42 bits per heavy atom. The van der Waals surface area contributed by atoms with Crippen LogP contribution in [0.1, 0.15) is 16.1 Å². The van der Waals surface area contributed by atoms with Crippen molar-refractivity contribution in [2.24, 2.45) is 0 Å². The molecule has 3 rings (SSSR count). The SMILES string of the molecule is O=C(Nc1ccc(Cl)cc1Cl)c1cc(=O)n(Cc2ccccc2)c(=O)[nH]1. The predicted molar refractivity (Wildman–Crippen MR) is 101 cm³/mol. The maximum atomic E-state index is 12.3. The summed E-state index contributed by atoms with van der Waals surface area (Å²) in [5.74, 6) is -0.657. The van der Waals surface area contributed by atoms with Gasteiger partial charge in [-0.25, -0.2) is 4.79 Å². The fourth-order valence-corrected chi connectivity index (χ4v) is 2.79. The van der Waals surface area contributed by atoms with E-state index in [-0.39, 0.29) is 17.3 Å². The molecule has 0 saturated heterocycles. The summed E-state index contributed by atoms with van der Waals surface area (Å²) in [4.78, 5) is 39.2. The number of anilines is 1. The Hall–Kier alpha value is -2.83. The number of hydrogen-bond acceptors (Lipinski definition) is 3. The summed E-state index contributed by atoms with van der Waals surface area (Å²) < 4.78 is 1.02. The highest BCUT2D eigenvalue weighted by Gasteiger charge is 2.13. The highest BCUT2D eigenvalue weighted by molar-refractivity contribution is 6.36. The molecule has 0 bridgehead atoms. The van der Waals surface area contributed by atoms with Gasteiger partial charge in [0.25, 0.3) is 11.5 Å². The third-order valence-electron chi connectivity index (χ3n) is 3.63. The van der Waals surface area contributed by atoms with Gasteiger partial charge in [-0.05, 0) is 23.8 Å². The normalized spacial score (nSPS) is 10.5. The first kappa shape index (κ1) is 18.0. The zero-order valence-corrected chi connectivity index (χ0v) is 14.8. The lowest BCUT2D eigenvalue weighted by atomic mass is 10.2. The third-order valence-corrected chi connectivity index (χ3v) is 4.18. The standard InChI is InChI=1S/C18H13Cl2N3O3/c19-12-6-7-14(13(20)8-12)21-17(25)15-9-16(24)23(18(26)22-15)10-11-4-2-1-3-5-11/h1-9H,10H2,(H,21,25)(H,22,26). The van der Waals surface area contributed by atoms with Gasteiger partial charge in [0.1, 0.15) is 5.69 Å². The van der Waals surface area contributed by atoms with E-state index in [4.69, 9.17) is 23.2 Å². The van der Waals surface area contributed by atoms with Crippen LogP contribution in [0.3, 0.4) is 0 Å². The Kier molecular flexibility index (Phi) is 5.25. The van der Waals surface area contributed by atoms with Crippen molar-refractivity contribution in [3.8, 4) is 0 Å². The molecule has 8 heteroatoms. The number of aromatic nitrogens is 2. The van der Waals surface area contributed by atoms with Crippen LogP contribution < -0.4 is 16.6 Å². The van der Waals surface area contributed by atoms with Crippen LogP contribution in [0.4, 0.5) is 5.69 Å². The van der Waals surface area contributed by atoms with E-state index in [1.165, 1.54) is 12.1 Å². The average Bonchev–Trinajstić information content (AvgIpc) is 2.61. The molecule has 0 aliphatic rings. The largest absolute Gasteiger partial charge is 0.329 e. The number of rotatable bonds is 4. The van der Waals surface area contributed by atoms with E-state index in [0.29, 0.717) is 10.7 Å². The van der Waals surface area contributed by atoms with Gasteiger partial charge >= 0.3 is 5.69 Å². The highest BCUT2D eigenvalue weighted by Crippen LogP contribution is 2.25. The molecule has 132 valence electrons. The predicted octanol–water partition coefficient (Wildman–Crippen LogP) is 3.14. The Morgan fingerprint density at radius 1 is 1.04 bits per heavy atom. The zero-order valence-electron chi connectivity index (χ0n) is 13.3. The van der Waals surface area contributed by atoms with Crippen molar-refractivity contribution in [2.45, 2.75) is 6.54 Å². The van der Waals surface area contributed by atoms with Crippen LogP contribution in [-0.4, -0.2) is 15.5 Å². The van der Waals surface area contributed by atoms with E-state index >= 15 is 0 Å². The Bertz CT molecular complexity index is 1040. The van der Waals surface area contributed by atoms with Gasteiger partial charge in [-0.2, -0.15) is 0 Å². The van der Waals surface area contributed by atoms with Crippen LogP contribution in [0.15, 0.2) is 64.2 Å². The fourth-order valence-electron chi connectivity index (χ4n) is 2.34. The van der Waals surface area contributed by atoms with Gasteiger partial charge in [-0.1, -0.05) is 53.5 Å². The first-order valence-electron chi connectivity index (χ1n) is 7.58. The molecule has 26 heavy (non-hydrogen) atoms.